The lowest BCUT2D eigenvalue weighted by Gasteiger charge is -2.26. The molecule has 1 amide bonds. The van der Waals surface area contributed by atoms with Crippen LogP contribution in [0.25, 0.3) is 0 Å². The van der Waals surface area contributed by atoms with E-state index in [1.54, 1.807) is 7.11 Å². The van der Waals surface area contributed by atoms with Crippen LogP contribution >= 0.6 is 27.3 Å². The zero-order valence-corrected chi connectivity index (χ0v) is 12.8. The third-order valence-corrected chi connectivity index (χ3v) is 3.90. The second-order valence-electron chi connectivity index (χ2n) is 3.95. The van der Waals surface area contributed by atoms with Crippen molar-refractivity contribution in [3.8, 4) is 5.75 Å². The van der Waals surface area contributed by atoms with Gasteiger partial charge in [-0.1, -0.05) is 15.9 Å². The molecule has 96 valence electrons. The number of nitrogens with zero attached hydrogens (tertiary/aromatic N) is 1. The summed E-state index contributed by atoms with van der Waals surface area (Å²) < 4.78 is 5.19. The average molecular weight is 320 g/mol. The van der Waals surface area contributed by atoms with E-state index >= 15 is 0 Å². The first-order valence-electron chi connectivity index (χ1n) is 5.60. The molecule has 17 heavy (non-hydrogen) atoms. The minimum absolute atomic E-state index is 0.0628. The first kappa shape index (κ1) is 14.5. The smallest absolute Gasteiger partial charge is 0.267 e. The third-order valence-electron chi connectivity index (χ3n) is 2.46. The second-order valence-corrected chi connectivity index (χ2v) is 5.66. The van der Waals surface area contributed by atoms with Gasteiger partial charge in [0.05, 0.1) is 7.11 Å². The van der Waals surface area contributed by atoms with E-state index in [1.165, 1.54) is 11.3 Å². The van der Waals surface area contributed by atoms with Gasteiger partial charge in [0.2, 0.25) is 0 Å². The minimum atomic E-state index is 0.0628. The molecule has 0 aromatic carbocycles. The van der Waals surface area contributed by atoms with Gasteiger partial charge in [0.25, 0.3) is 5.91 Å². The number of halogens is 1. The molecule has 0 fully saturated rings. The maximum absolute atomic E-state index is 12.4. The molecule has 5 heteroatoms. The molecule has 3 nitrogen and oxygen atoms in total. The van der Waals surface area contributed by atoms with Gasteiger partial charge in [-0.3, -0.25) is 4.79 Å². The van der Waals surface area contributed by atoms with Crippen molar-refractivity contribution in [2.24, 2.45) is 0 Å². The lowest BCUT2D eigenvalue weighted by molar-refractivity contribution is 0.0708. The monoisotopic (exact) mass is 319 g/mol. The Bertz CT molecular complexity index is 365. The number of methoxy groups -OCH3 is 1. The van der Waals surface area contributed by atoms with E-state index in [0.29, 0.717) is 10.6 Å². The van der Waals surface area contributed by atoms with Crippen molar-refractivity contribution in [1.29, 1.82) is 0 Å². The first-order chi connectivity index (χ1) is 8.11. The molecule has 1 aromatic heterocycles. The predicted molar refractivity (Wildman–Crippen MR) is 75.5 cm³/mol. The SMILES string of the molecule is COc1ccsc1C(=O)N(CCCBr)C(C)C. The number of hydrogen-bond acceptors (Lipinski definition) is 3. The Hall–Kier alpha value is -0.550. The summed E-state index contributed by atoms with van der Waals surface area (Å²) in [5.41, 5.74) is 0. The van der Waals surface area contributed by atoms with E-state index in [4.69, 9.17) is 4.74 Å². The van der Waals surface area contributed by atoms with Gasteiger partial charge in [-0.05, 0) is 31.7 Å². The van der Waals surface area contributed by atoms with Gasteiger partial charge in [0.1, 0.15) is 10.6 Å². The number of carbonyl (C=O) groups is 1. The molecule has 0 bridgehead atoms. The predicted octanol–water partition coefficient (Wildman–Crippen LogP) is 3.39. The number of ether oxygens (including phenoxy) is 1. The quantitative estimate of drug-likeness (QED) is 0.752. The molecule has 0 radical (unpaired) electrons. The fraction of sp³-hybridized carbons (Fsp3) is 0.583. The number of rotatable bonds is 6. The first-order valence-corrected chi connectivity index (χ1v) is 7.60. The average Bonchev–Trinajstić information content (AvgIpc) is 2.76. The van der Waals surface area contributed by atoms with Gasteiger partial charge in [-0.15, -0.1) is 11.3 Å². The van der Waals surface area contributed by atoms with Crippen molar-refractivity contribution in [2.75, 3.05) is 19.0 Å². The Morgan fingerprint density at radius 1 is 1.59 bits per heavy atom. The summed E-state index contributed by atoms with van der Waals surface area (Å²) in [5, 5.41) is 2.79. The second kappa shape index (κ2) is 7.01. The molecule has 1 rings (SSSR count). The summed E-state index contributed by atoms with van der Waals surface area (Å²) in [7, 11) is 1.59. The Morgan fingerprint density at radius 2 is 2.29 bits per heavy atom. The zero-order valence-electron chi connectivity index (χ0n) is 10.4. The normalized spacial score (nSPS) is 10.6. The highest BCUT2D eigenvalue weighted by Crippen LogP contribution is 2.26. The van der Waals surface area contributed by atoms with E-state index in [9.17, 15) is 4.79 Å². The van der Waals surface area contributed by atoms with Gasteiger partial charge in [-0.25, -0.2) is 0 Å². The lowest BCUT2D eigenvalue weighted by atomic mass is 10.2. The number of carbonyl (C=O) groups excluding carboxylic acids is 1. The van der Waals surface area contributed by atoms with Crippen molar-refractivity contribution in [3.63, 3.8) is 0 Å². The summed E-state index contributed by atoms with van der Waals surface area (Å²) in [6, 6.07) is 2.04. The summed E-state index contributed by atoms with van der Waals surface area (Å²) in [5.74, 6) is 0.734. The fourth-order valence-corrected chi connectivity index (χ4v) is 2.63. The molecule has 1 aromatic rings. The van der Waals surface area contributed by atoms with Gasteiger partial charge in [-0.2, -0.15) is 0 Å². The van der Waals surface area contributed by atoms with Crippen LogP contribution in [-0.2, 0) is 0 Å². The van der Waals surface area contributed by atoms with Crippen LogP contribution in [0.4, 0.5) is 0 Å². The summed E-state index contributed by atoms with van der Waals surface area (Å²) in [4.78, 5) is 14.9. The molecule has 0 aliphatic rings. The maximum Gasteiger partial charge on any atom is 0.267 e. The van der Waals surface area contributed by atoms with Crippen LogP contribution in [-0.4, -0.2) is 35.8 Å². The highest BCUT2D eigenvalue weighted by Gasteiger charge is 2.22. The maximum atomic E-state index is 12.4. The van der Waals surface area contributed by atoms with Crippen LogP contribution in [0.2, 0.25) is 0 Å². The Balaban J connectivity index is 2.84. The van der Waals surface area contributed by atoms with E-state index in [2.05, 4.69) is 15.9 Å². The number of alkyl halides is 1. The van der Waals surface area contributed by atoms with Gasteiger partial charge < -0.3 is 9.64 Å². The van der Waals surface area contributed by atoms with E-state index in [1.807, 2.05) is 30.2 Å². The number of thiophene rings is 1. The molecule has 0 saturated carbocycles. The largest absolute Gasteiger partial charge is 0.495 e. The Labute approximate surface area is 115 Å². The van der Waals surface area contributed by atoms with Crippen molar-refractivity contribution < 1.29 is 9.53 Å². The number of amides is 1. The van der Waals surface area contributed by atoms with Gasteiger partial charge in [0, 0.05) is 17.9 Å². The zero-order chi connectivity index (χ0) is 12.8. The van der Waals surface area contributed by atoms with E-state index in [-0.39, 0.29) is 11.9 Å². The van der Waals surface area contributed by atoms with E-state index < -0.39 is 0 Å². The van der Waals surface area contributed by atoms with Gasteiger partial charge >= 0.3 is 0 Å². The van der Waals surface area contributed by atoms with Crippen LogP contribution in [0, 0.1) is 0 Å². The summed E-state index contributed by atoms with van der Waals surface area (Å²) in [6.07, 6.45) is 0.956. The fourth-order valence-electron chi connectivity index (χ4n) is 1.57. The molecule has 1 heterocycles. The highest BCUT2D eigenvalue weighted by atomic mass is 79.9. The van der Waals surface area contributed by atoms with Crippen molar-refractivity contribution >= 4 is 33.2 Å². The van der Waals surface area contributed by atoms with Crippen molar-refractivity contribution in [2.45, 2.75) is 26.3 Å². The Kier molecular flexibility index (Phi) is 5.98. The molecule has 0 saturated heterocycles. The standard InChI is InChI=1S/C12H18BrNO2S/c1-9(2)14(7-4-6-13)12(15)11-10(16-3)5-8-17-11/h5,8-9H,4,6-7H2,1-3H3. The van der Waals surface area contributed by atoms with Crippen LogP contribution in [0.5, 0.6) is 5.75 Å². The third kappa shape index (κ3) is 3.71. The topological polar surface area (TPSA) is 29.5 Å². The molecular formula is C12H18BrNO2S. The van der Waals surface area contributed by atoms with Crippen molar-refractivity contribution in [3.05, 3.63) is 16.3 Å². The van der Waals surface area contributed by atoms with Crippen LogP contribution < -0.4 is 4.74 Å². The van der Waals surface area contributed by atoms with E-state index in [0.717, 1.165) is 18.3 Å². The minimum Gasteiger partial charge on any atom is -0.495 e. The highest BCUT2D eigenvalue weighted by molar-refractivity contribution is 9.09. The number of hydrogen-bond donors (Lipinski definition) is 0. The van der Waals surface area contributed by atoms with Crippen LogP contribution in [0.15, 0.2) is 11.4 Å². The van der Waals surface area contributed by atoms with Crippen LogP contribution in [0.1, 0.15) is 29.9 Å². The van der Waals surface area contributed by atoms with Crippen LogP contribution in [0.3, 0.4) is 0 Å². The molecule has 0 N–H and O–H groups in total. The lowest BCUT2D eigenvalue weighted by Crippen LogP contribution is -2.37. The molecule has 0 atom stereocenters. The van der Waals surface area contributed by atoms with Gasteiger partial charge in [0.15, 0.2) is 0 Å². The summed E-state index contributed by atoms with van der Waals surface area (Å²) >= 11 is 4.83. The molecule has 0 aliphatic heterocycles. The molecule has 0 aliphatic carbocycles. The van der Waals surface area contributed by atoms with Crippen molar-refractivity contribution in [1.82, 2.24) is 4.90 Å². The summed E-state index contributed by atoms with van der Waals surface area (Å²) in [6.45, 7) is 4.83. The molecule has 0 spiro atoms. The molecule has 0 unspecified atom stereocenters. The Morgan fingerprint density at radius 3 is 2.82 bits per heavy atom. The molecular weight excluding hydrogens is 302 g/mol.